The Balaban J connectivity index is 1.59. The lowest BCUT2D eigenvalue weighted by atomic mass is 9.78. The predicted molar refractivity (Wildman–Crippen MR) is 105 cm³/mol. The lowest BCUT2D eigenvalue weighted by Gasteiger charge is -2.27. The van der Waals surface area contributed by atoms with Crippen molar-refractivity contribution in [3.05, 3.63) is 45.6 Å². The Morgan fingerprint density at radius 1 is 1.19 bits per heavy atom. The number of amides is 1. The van der Waals surface area contributed by atoms with Crippen molar-refractivity contribution in [2.45, 2.75) is 44.9 Å². The summed E-state index contributed by atoms with van der Waals surface area (Å²) >= 11 is 7.50. The van der Waals surface area contributed by atoms with Crippen LogP contribution in [0.4, 0.5) is 6.01 Å². The Kier molecular flexibility index (Phi) is 4.74. The first kappa shape index (κ1) is 18.1. The Hall–Kier alpha value is -2.25. The topological polar surface area (TPSA) is 80.9 Å². The highest BCUT2D eigenvalue weighted by Gasteiger charge is 2.43. The van der Waals surface area contributed by atoms with Crippen molar-refractivity contribution < 1.29 is 9.21 Å². The van der Waals surface area contributed by atoms with Crippen LogP contribution in [0.15, 0.2) is 28.7 Å². The van der Waals surface area contributed by atoms with Crippen molar-refractivity contribution in [3.8, 4) is 10.8 Å². The quantitative estimate of drug-likeness (QED) is 0.670. The molecule has 3 aromatic rings. The van der Waals surface area contributed by atoms with Crippen LogP contribution in [-0.4, -0.2) is 21.1 Å². The number of rotatable bonds is 4. The molecule has 0 saturated heterocycles. The van der Waals surface area contributed by atoms with Gasteiger partial charge in [0.05, 0.1) is 16.1 Å². The van der Waals surface area contributed by atoms with Crippen LogP contribution in [0.3, 0.4) is 0 Å². The molecule has 0 spiro atoms. The minimum atomic E-state index is -0.587. The highest BCUT2D eigenvalue weighted by atomic mass is 35.5. The second-order valence-corrected chi connectivity index (χ2v) is 8.45. The van der Waals surface area contributed by atoms with Crippen LogP contribution in [-0.2, 0) is 10.2 Å². The van der Waals surface area contributed by atoms with Gasteiger partial charge >= 0.3 is 6.01 Å². The van der Waals surface area contributed by atoms with E-state index in [0.717, 1.165) is 46.8 Å². The summed E-state index contributed by atoms with van der Waals surface area (Å²) in [6.45, 7) is 3.82. The summed E-state index contributed by atoms with van der Waals surface area (Å²) in [6, 6.07) is 7.61. The first-order chi connectivity index (χ1) is 13.0. The first-order valence-electron chi connectivity index (χ1n) is 8.83. The van der Waals surface area contributed by atoms with Gasteiger partial charge in [0.15, 0.2) is 0 Å². The molecule has 0 radical (unpaired) electrons. The zero-order valence-electron chi connectivity index (χ0n) is 15.1. The van der Waals surface area contributed by atoms with E-state index >= 15 is 0 Å². The number of anilines is 1. The van der Waals surface area contributed by atoms with Crippen LogP contribution in [0.5, 0.6) is 0 Å². The highest BCUT2D eigenvalue weighted by Crippen LogP contribution is 2.42. The predicted octanol–water partition coefficient (Wildman–Crippen LogP) is 4.91. The number of halogens is 1. The average Bonchev–Trinajstić information content (AvgIpc) is 3.36. The normalized spacial score (nSPS) is 15.8. The van der Waals surface area contributed by atoms with Crippen molar-refractivity contribution in [2.24, 2.45) is 0 Å². The molecular formula is C19H19ClN4O2S. The summed E-state index contributed by atoms with van der Waals surface area (Å²) in [7, 11) is 0. The van der Waals surface area contributed by atoms with E-state index < -0.39 is 5.41 Å². The van der Waals surface area contributed by atoms with Crippen LogP contribution >= 0.6 is 22.9 Å². The second kappa shape index (κ2) is 7.05. The number of nitrogens with one attached hydrogen (secondary N) is 1. The lowest BCUT2D eigenvalue weighted by molar-refractivity contribution is -0.121. The Morgan fingerprint density at radius 2 is 1.89 bits per heavy atom. The number of carbonyl (C=O) groups excluding carboxylic acids is 1. The molecule has 8 heteroatoms. The monoisotopic (exact) mass is 402 g/mol. The Bertz CT molecular complexity index is 974. The third-order valence-electron chi connectivity index (χ3n) is 5.03. The third kappa shape index (κ3) is 3.37. The van der Waals surface area contributed by atoms with Gasteiger partial charge in [-0.25, -0.2) is 4.98 Å². The molecule has 140 valence electrons. The largest absolute Gasteiger partial charge is 0.402 e. The molecule has 1 fully saturated rings. The fourth-order valence-corrected chi connectivity index (χ4v) is 4.67. The van der Waals surface area contributed by atoms with Crippen molar-refractivity contribution >= 4 is 34.9 Å². The summed E-state index contributed by atoms with van der Waals surface area (Å²) in [5.74, 6) is 0.259. The third-order valence-corrected chi connectivity index (χ3v) is 6.34. The molecule has 1 amide bonds. The minimum absolute atomic E-state index is 0.112. The summed E-state index contributed by atoms with van der Waals surface area (Å²) in [5.41, 5.74) is 1.22. The van der Waals surface area contributed by atoms with E-state index in [0.29, 0.717) is 10.9 Å². The molecule has 27 heavy (non-hydrogen) atoms. The number of aromatic nitrogens is 3. The molecule has 1 N–H and O–H groups in total. The van der Waals surface area contributed by atoms with Gasteiger partial charge in [-0.15, -0.1) is 16.4 Å². The molecular weight excluding hydrogens is 384 g/mol. The fourth-order valence-electron chi connectivity index (χ4n) is 3.71. The second-order valence-electron chi connectivity index (χ2n) is 6.81. The number of benzene rings is 1. The zero-order chi connectivity index (χ0) is 19.0. The molecule has 0 aliphatic heterocycles. The van der Waals surface area contributed by atoms with E-state index in [9.17, 15) is 4.79 Å². The van der Waals surface area contributed by atoms with Crippen molar-refractivity contribution in [1.29, 1.82) is 0 Å². The van der Waals surface area contributed by atoms with E-state index in [1.807, 2.05) is 38.1 Å². The molecule has 1 saturated carbocycles. The van der Waals surface area contributed by atoms with E-state index in [2.05, 4.69) is 20.5 Å². The van der Waals surface area contributed by atoms with Crippen molar-refractivity contribution in [3.63, 3.8) is 0 Å². The molecule has 2 aromatic heterocycles. The number of hydrogen-bond acceptors (Lipinski definition) is 6. The van der Waals surface area contributed by atoms with Crippen LogP contribution in [0.25, 0.3) is 10.8 Å². The molecule has 6 nitrogen and oxygen atoms in total. The molecule has 1 aromatic carbocycles. The smallest absolute Gasteiger partial charge is 0.322 e. The van der Waals surface area contributed by atoms with Gasteiger partial charge in [-0.1, -0.05) is 41.7 Å². The van der Waals surface area contributed by atoms with Crippen LogP contribution in [0.2, 0.25) is 5.02 Å². The molecule has 0 bridgehead atoms. The Morgan fingerprint density at radius 3 is 2.52 bits per heavy atom. The molecule has 2 heterocycles. The molecule has 1 aliphatic rings. The maximum Gasteiger partial charge on any atom is 0.322 e. The van der Waals surface area contributed by atoms with E-state index in [-0.39, 0.29) is 11.9 Å². The van der Waals surface area contributed by atoms with Gasteiger partial charge in [-0.2, -0.15) is 0 Å². The van der Waals surface area contributed by atoms with Gasteiger partial charge in [-0.05, 0) is 44.4 Å². The summed E-state index contributed by atoms with van der Waals surface area (Å²) in [4.78, 5) is 18.4. The standard InChI is InChI=1S/C19H19ClN4O2S/c1-11-15(27-12(2)21-11)16-23-24-18(26-16)22-17(25)19(9-3-4-10-19)13-5-7-14(20)8-6-13/h5-8H,3-4,9-10H2,1-2H3,(H,22,24,25). The number of carbonyl (C=O) groups is 1. The number of aryl methyl sites for hydroxylation is 2. The summed E-state index contributed by atoms with van der Waals surface area (Å²) in [6.07, 6.45) is 3.58. The van der Waals surface area contributed by atoms with Gasteiger partial charge in [0.2, 0.25) is 5.91 Å². The maximum atomic E-state index is 13.2. The van der Waals surface area contributed by atoms with Gasteiger partial charge in [0, 0.05) is 5.02 Å². The molecule has 4 rings (SSSR count). The van der Waals surface area contributed by atoms with Crippen molar-refractivity contribution in [2.75, 3.05) is 5.32 Å². The number of hydrogen-bond donors (Lipinski definition) is 1. The summed E-state index contributed by atoms with van der Waals surface area (Å²) in [5, 5.41) is 12.5. The molecule has 0 unspecified atom stereocenters. The average molecular weight is 403 g/mol. The van der Waals surface area contributed by atoms with Crippen molar-refractivity contribution in [1.82, 2.24) is 15.2 Å². The number of thiazole rings is 1. The van der Waals surface area contributed by atoms with E-state index in [1.54, 1.807) is 0 Å². The SMILES string of the molecule is Cc1nc(C)c(-c2nnc(NC(=O)C3(c4ccc(Cl)cc4)CCCC3)o2)s1. The van der Waals surface area contributed by atoms with Gasteiger partial charge in [-0.3, -0.25) is 10.1 Å². The van der Waals surface area contributed by atoms with E-state index in [1.165, 1.54) is 11.3 Å². The zero-order valence-corrected chi connectivity index (χ0v) is 16.7. The van der Waals surface area contributed by atoms with Crippen LogP contribution < -0.4 is 5.32 Å². The maximum absolute atomic E-state index is 13.2. The van der Waals surface area contributed by atoms with Gasteiger partial charge in [0.1, 0.15) is 4.88 Å². The number of nitrogens with zero attached hydrogens (tertiary/aromatic N) is 3. The van der Waals surface area contributed by atoms with Crippen LogP contribution in [0.1, 0.15) is 41.9 Å². The Labute approximate surface area is 166 Å². The first-order valence-corrected chi connectivity index (χ1v) is 10.0. The fraction of sp³-hybridized carbons (Fsp3) is 0.368. The van der Waals surface area contributed by atoms with Crippen LogP contribution in [0, 0.1) is 13.8 Å². The van der Waals surface area contributed by atoms with Gasteiger partial charge in [0.25, 0.3) is 5.89 Å². The minimum Gasteiger partial charge on any atom is -0.402 e. The van der Waals surface area contributed by atoms with E-state index in [4.69, 9.17) is 16.0 Å². The molecule has 1 aliphatic carbocycles. The summed E-state index contributed by atoms with van der Waals surface area (Å²) < 4.78 is 5.69. The lowest BCUT2D eigenvalue weighted by Crippen LogP contribution is -2.38. The highest BCUT2D eigenvalue weighted by molar-refractivity contribution is 7.15. The van der Waals surface area contributed by atoms with Gasteiger partial charge < -0.3 is 4.42 Å². The molecule has 0 atom stereocenters.